The average Bonchev–Trinajstić information content (AvgIpc) is 2.55. The summed E-state index contributed by atoms with van der Waals surface area (Å²) in [5.74, 6) is -0.869. The molecule has 0 aromatic heterocycles. The molecule has 3 N–H and O–H groups in total. The highest BCUT2D eigenvalue weighted by Gasteiger charge is 2.17. The summed E-state index contributed by atoms with van der Waals surface area (Å²) < 4.78 is 15.4. The van der Waals surface area contributed by atoms with E-state index in [0.29, 0.717) is 58.1 Å². The summed E-state index contributed by atoms with van der Waals surface area (Å²) in [6, 6.07) is 2.17. The molecule has 0 amide bonds. The van der Waals surface area contributed by atoms with E-state index in [1.807, 2.05) is 0 Å². The molecule has 0 fully saturated rings. The van der Waals surface area contributed by atoms with Gasteiger partial charge in [0.2, 0.25) is 0 Å². The van der Waals surface area contributed by atoms with Gasteiger partial charge in [-0.05, 0) is 19.0 Å². The van der Waals surface area contributed by atoms with Crippen LogP contribution in [0.2, 0.25) is 0 Å². The summed E-state index contributed by atoms with van der Waals surface area (Å²) >= 11 is 0. The van der Waals surface area contributed by atoms with Gasteiger partial charge in [-0.1, -0.05) is 0 Å². The number of ether oxygens (including phenoxy) is 3. The first-order valence-corrected chi connectivity index (χ1v) is 7.60. The van der Waals surface area contributed by atoms with Crippen molar-refractivity contribution in [3.05, 3.63) is 27.8 Å². The Hall–Kier alpha value is -1.94. The zero-order valence-corrected chi connectivity index (χ0v) is 13.7. The topological polar surface area (TPSA) is 123 Å². The molecular weight excluding hydrogens is 320 g/mol. The smallest absolute Gasteiger partial charge is 0.276 e. The summed E-state index contributed by atoms with van der Waals surface area (Å²) in [6.07, 6.45) is 0.351. The molecule has 0 aliphatic heterocycles. The number of nitrogens with one attached hydrogen (secondary N) is 1. The first-order valence-electron chi connectivity index (χ1n) is 7.60. The highest BCUT2D eigenvalue weighted by molar-refractivity contribution is 5.53. The second-order valence-corrected chi connectivity index (χ2v) is 4.94. The lowest BCUT2D eigenvalue weighted by Gasteiger charge is -2.08. The fourth-order valence-electron chi connectivity index (χ4n) is 1.94. The molecule has 0 atom stereocenters. The van der Waals surface area contributed by atoms with Crippen LogP contribution in [-0.2, 0) is 20.6 Å². The summed E-state index contributed by atoms with van der Waals surface area (Å²) in [6.45, 7) is 3.66. The Bertz CT molecular complexity index is 511. The molecule has 0 aliphatic rings. The number of nitrogens with zero attached hydrogens (tertiary/aromatic N) is 1. The molecule has 0 spiro atoms. The van der Waals surface area contributed by atoms with Crippen molar-refractivity contribution in [2.45, 2.75) is 6.42 Å². The zero-order chi connectivity index (χ0) is 17.8. The van der Waals surface area contributed by atoms with Crippen molar-refractivity contribution in [3.8, 4) is 11.5 Å². The lowest BCUT2D eigenvalue weighted by molar-refractivity contribution is -0.385. The van der Waals surface area contributed by atoms with Crippen molar-refractivity contribution >= 4 is 5.69 Å². The molecule has 1 rings (SSSR count). The van der Waals surface area contributed by atoms with E-state index in [2.05, 4.69) is 5.32 Å². The first kappa shape index (κ1) is 20.1. The predicted octanol–water partition coefficient (Wildman–Crippen LogP) is 0.818. The number of nitro benzene ring substituents is 1. The molecular formula is C15H24N2O7. The third kappa shape index (κ3) is 7.55. The molecule has 0 radical (unpaired) electrons. The number of aromatic hydroxyl groups is 2. The quantitative estimate of drug-likeness (QED) is 0.208. The number of hydrogen-bond acceptors (Lipinski definition) is 8. The Labute approximate surface area is 140 Å². The van der Waals surface area contributed by atoms with Gasteiger partial charge >= 0.3 is 0 Å². The van der Waals surface area contributed by atoms with E-state index in [1.54, 1.807) is 7.11 Å². The van der Waals surface area contributed by atoms with Crippen molar-refractivity contribution in [2.24, 2.45) is 0 Å². The Morgan fingerprint density at radius 1 is 1.04 bits per heavy atom. The van der Waals surface area contributed by atoms with Crippen molar-refractivity contribution in [3.63, 3.8) is 0 Å². The van der Waals surface area contributed by atoms with Gasteiger partial charge in [0.05, 0.1) is 44.0 Å². The second-order valence-electron chi connectivity index (χ2n) is 4.94. The van der Waals surface area contributed by atoms with E-state index >= 15 is 0 Å². The van der Waals surface area contributed by atoms with Crippen LogP contribution in [0.1, 0.15) is 5.56 Å². The highest BCUT2D eigenvalue weighted by Crippen LogP contribution is 2.32. The minimum atomic E-state index is -0.582. The molecule has 0 saturated carbocycles. The molecule has 1 aromatic rings. The molecule has 0 unspecified atom stereocenters. The number of benzene rings is 1. The van der Waals surface area contributed by atoms with Crippen molar-refractivity contribution < 1.29 is 29.3 Å². The van der Waals surface area contributed by atoms with E-state index in [-0.39, 0.29) is 11.4 Å². The molecule has 0 heterocycles. The van der Waals surface area contributed by atoms with Crippen LogP contribution in [0.3, 0.4) is 0 Å². The van der Waals surface area contributed by atoms with E-state index in [9.17, 15) is 20.3 Å². The maximum absolute atomic E-state index is 10.9. The number of methoxy groups -OCH3 is 1. The van der Waals surface area contributed by atoms with Crippen molar-refractivity contribution in [1.82, 2.24) is 5.32 Å². The average molecular weight is 344 g/mol. The SMILES string of the molecule is COCCOCCOCCNCCc1cc(O)c(O)cc1[N+](=O)[O-]. The van der Waals surface area contributed by atoms with Crippen LogP contribution in [0.5, 0.6) is 11.5 Å². The normalized spacial score (nSPS) is 10.9. The van der Waals surface area contributed by atoms with Crippen LogP contribution in [-0.4, -0.2) is 68.4 Å². The minimum Gasteiger partial charge on any atom is -0.504 e. The number of rotatable bonds is 13. The molecule has 24 heavy (non-hydrogen) atoms. The van der Waals surface area contributed by atoms with Crippen molar-refractivity contribution in [1.29, 1.82) is 0 Å². The maximum atomic E-state index is 10.9. The highest BCUT2D eigenvalue weighted by atomic mass is 16.6. The second kappa shape index (κ2) is 11.6. The van der Waals surface area contributed by atoms with Gasteiger partial charge in [0.1, 0.15) is 0 Å². The lowest BCUT2D eigenvalue weighted by atomic mass is 10.1. The predicted molar refractivity (Wildman–Crippen MR) is 86.5 cm³/mol. The van der Waals surface area contributed by atoms with E-state index < -0.39 is 10.7 Å². The third-order valence-electron chi connectivity index (χ3n) is 3.17. The van der Waals surface area contributed by atoms with Crippen LogP contribution in [0.25, 0.3) is 0 Å². The first-order chi connectivity index (χ1) is 11.6. The molecule has 136 valence electrons. The van der Waals surface area contributed by atoms with Gasteiger partial charge in [-0.15, -0.1) is 0 Å². The van der Waals surface area contributed by atoms with Gasteiger partial charge in [-0.2, -0.15) is 0 Å². The van der Waals surface area contributed by atoms with Crippen LogP contribution in [0, 0.1) is 10.1 Å². The summed E-state index contributed by atoms with van der Waals surface area (Å²) in [5.41, 5.74) is 0.145. The Morgan fingerprint density at radius 3 is 2.33 bits per heavy atom. The fourth-order valence-corrected chi connectivity index (χ4v) is 1.94. The van der Waals surface area contributed by atoms with Gasteiger partial charge in [-0.3, -0.25) is 10.1 Å². The molecule has 9 heteroatoms. The Morgan fingerprint density at radius 2 is 1.67 bits per heavy atom. The Balaban J connectivity index is 2.17. The largest absolute Gasteiger partial charge is 0.504 e. The van der Waals surface area contributed by atoms with Crippen LogP contribution in [0.15, 0.2) is 12.1 Å². The Kier molecular flexibility index (Phi) is 9.70. The van der Waals surface area contributed by atoms with Gasteiger partial charge in [0.15, 0.2) is 11.5 Å². The number of phenols is 2. The summed E-state index contributed by atoms with van der Waals surface area (Å²) in [5, 5.41) is 32.8. The van der Waals surface area contributed by atoms with Crippen LogP contribution >= 0.6 is 0 Å². The van der Waals surface area contributed by atoms with Crippen LogP contribution < -0.4 is 5.32 Å². The minimum absolute atomic E-state index is 0.212. The molecule has 0 saturated heterocycles. The summed E-state index contributed by atoms with van der Waals surface area (Å²) in [4.78, 5) is 10.4. The fraction of sp³-hybridized carbons (Fsp3) is 0.600. The third-order valence-corrected chi connectivity index (χ3v) is 3.17. The van der Waals surface area contributed by atoms with E-state index in [4.69, 9.17) is 14.2 Å². The number of nitro groups is 1. The van der Waals surface area contributed by atoms with Crippen molar-refractivity contribution in [2.75, 3.05) is 53.2 Å². The lowest BCUT2D eigenvalue weighted by Crippen LogP contribution is -2.23. The van der Waals surface area contributed by atoms with E-state index in [1.165, 1.54) is 6.07 Å². The van der Waals surface area contributed by atoms with Crippen LogP contribution in [0.4, 0.5) is 5.69 Å². The molecule has 9 nitrogen and oxygen atoms in total. The van der Waals surface area contributed by atoms with Gasteiger partial charge in [0, 0.05) is 19.2 Å². The van der Waals surface area contributed by atoms with E-state index in [0.717, 1.165) is 6.07 Å². The van der Waals surface area contributed by atoms with Gasteiger partial charge in [0.25, 0.3) is 5.69 Å². The van der Waals surface area contributed by atoms with Gasteiger partial charge in [-0.25, -0.2) is 0 Å². The van der Waals surface area contributed by atoms with Gasteiger partial charge < -0.3 is 29.7 Å². The summed E-state index contributed by atoms with van der Waals surface area (Å²) in [7, 11) is 1.61. The molecule has 0 aliphatic carbocycles. The number of hydrogen-bond donors (Lipinski definition) is 3. The standard InChI is InChI=1S/C15H24N2O7/c1-22-6-7-24-9-8-23-5-4-16-3-2-12-10-14(18)15(19)11-13(12)17(20)21/h10-11,16,18-19H,2-9H2,1H3. The number of phenolic OH excluding ortho intramolecular Hbond substituents is 2. The monoisotopic (exact) mass is 344 g/mol. The zero-order valence-electron chi connectivity index (χ0n) is 13.7. The molecule has 0 bridgehead atoms. The molecule has 1 aromatic carbocycles. The maximum Gasteiger partial charge on any atom is 0.276 e.